The first-order valence-electron chi connectivity index (χ1n) is 4.60. The molecule has 0 aliphatic heterocycles. The largest absolute Gasteiger partial charge is 0.382 e. The summed E-state index contributed by atoms with van der Waals surface area (Å²) >= 11 is 0. The summed E-state index contributed by atoms with van der Waals surface area (Å²) in [6.45, 7) is 2.59. The Kier molecular flexibility index (Phi) is 3.02. The van der Waals surface area contributed by atoms with Crippen molar-refractivity contribution >= 4 is 0 Å². The molecule has 1 saturated carbocycles. The summed E-state index contributed by atoms with van der Waals surface area (Å²) in [5.74, 6) is -26.3. The van der Waals surface area contributed by atoms with E-state index in [0.717, 1.165) is 0 Å². The van der Waals surface area contributed by atoms with Crippen molar-refractivity contribution in [1.29, 1.82) is 0 Å². The number of rotatable bonds is 1. The monoisotopic (exact) mass is 304 g/mol. The smallest absolute Gasteiger partial charge is 0.236 e. The van der Waals surface area contributed by atoms with Crippen LogP contribution in [0.2, 0.25) is 0 Å². The van der Waals surface area contributed by atoms with Crippen LogP contribution in [0.1, 0.15) is 6.92 Å². The summed E-state index contributed by atoms with van der Waals surface area (Å²) in [6, 6.07) is 0. The zero-order valence-electron chi connectivity index (χ0n) is 9.06. The lowest BCUT2D eigenvalue weighted by Gasteiger charge is -2.50. The molecule has 0 aromatic heterocycles. The maximum atomic E-state index is 13.7. The van der Waals surface area contributed by atoms with Crippen molar-refractivity contribution in [3.63, 3.8) is 0 Å². The molecule has 0 radical (unpaired) electrons. The van der Waals surface area contributed by atoms with Crippen molar-refractivity contribution in [3.05, 3.63) is 12.2 Å². The standard InChI is InChI=1S/C9H6F10/c1-3(2)5(11)4(10)6(12,13)8(16,17)9(18,19)7(5,14)15/h4H,1H2,2H3. The molecule has 0 bridgehead atoms. The second-order valence-electron chi connectivity index (χ2n) is 4.20. The number of alkyl halides is 10. The van der Waals surface area contributed by atoms with E-state index in [9.17, 15) is 43.9 Å². The number of allylic oxidation sites excluding steroid dienone is 1. The van der Waals surface area contributed by atoms with E-state index in [1.807, 2.05) is 0 Å². The molecule has 0 amide bonds. The summed E-state index contributed by atoms with van der Waals surface area (Å²) in [4.78, 5) is 0. The average molecular weight is 304 g/mol. The predicted octanol–water partition coefficient (Wildman–Crippen LogP) is 4.16. The minimum absolute atomic E-state index is 0.218. The van der Waals surface area contributed by atoms with Gasteiger partial charge in [0.2, 0.25) is 11.8 Å². The van der Waals surface area contributed by atoms with Gasteiger partial charge in [-0.15, -0.1) is 0 Å². The van der Waals surface area contributed by atoms with Gasteiger partial charge in [-0.25, -0.2) is 8.78 Å². The van der Waals surface area contributed by atoms with Gasteiger partial charge in [0, 0.05) is 0 Å². The van der Waals surface area contributed by atoms with Crippen molar-refractivity contribution in [1.82, 2.24) is 0 Å². The van der Waals surface area contributed by atoms with Crippen LogP contribution in [0.15, 0.2) is 12.2 Å². The fraction of sp³-hybridized carbons (Fsp3) is 0.778. The number of hydrogen-bond donors (Lipinski definition) is 0. The van der Waals surface area contributed by atoms with Crippen LogP contribution in [0.25, 0.3) is 0 Å². The third kappa shape index (κ3) is 1.37. The Labute approximate surface area is 99.6 Å². The summed E-state index contributed by atoms with van der Waals surface area (Å²) < 4.78 is 130. The van der Waals surface area contributed by atoms with Crippen molar-refractivity contribution in [2.24, 2.45) is 0 Å². The van der Waals surface area contributed by atoms with Gasteiger partial charge >= 0.3 is 23.7 Å². The molecule has 1 rings (SSSR count). The lowest BCUT2D eigenvalue weighted by Crippen LogP contribution is -2.80. The second-order valence-corrected chi connectivity index (χ2v) is 4.20. The van der Waals surface area contributed by atoms with Crippen molar-refractivity contribution in [2.75, 3.05) is 0 Å². The molecule has 0 heterocycles. The fourth-order valence-electron chi connectivity index (χ4n) is 1.69. The van der Waals surface area contributed by atoms with Gasteiger partial charge in [-0.3, -0.25) is 0 Å². The van der Waals surface area contributed by atoms with E-state index >= 15 is 0 Å². The van der Waals surface area contributed by atoms with Gasteiger partial charge in [0.25, 0.3) is 0 Å². The van der Waals surface area contributed by atoms with Crippen LogP contribution in [0.4, 0.5) is 43.9 Å². The zero-order chi connectivity index (χ0) is 15.7. The molecule has 2 atom stereocenters. The first-order chi connectivity index (χ1) is 8.10. The Bertz CT molecular complexity index is 411. The highest BCUT2D eigenvalue weighted by Crippen LogP contribution is 2.66. The Balaban J connectivity index is 3.72. The van der Waals surface area contributed by atoms with Gasteiger partial charge in [0.1, 0.15) is 0 Å². The van der Waals surface area contributed by atoms with Crippen molar-refractivity contribution in [2.45, 2.75) is 42.5 Å². The maximum absolute atomic E-state index is 13.7. The Morgan fingerprint density at radius 3 is 1.47 bits per heavy atom. The molecule has 0 N–H and O–H groups in total. The van der Waals surface area contributed by atoms with E-state index in [0.29, 0.717) is 0 Å². The van der Waals surface area contributed by atoms with E-state index in [4.69, 9.17) is 0 Å². The highest BCUT2D eigenvalue weighted by molar-refractivity contribution is 5.32. The van der Waals surface area contributed by atoms with Gasteiger partial charge in [0.15, 0.2) is 0 Å². The third-order valence-corrected chi connectivity index (χ3v) is 2.95. The molecule has 1 aliphatic rings. The predicted molar refractivity (Wildman–Crippen MR) is 43.3 cm³/mol. The Hall–Kier alpha value is -0.960. The number of hydrogen-bond acceptors (Lipinski definition) is 0. The van der Waals surface area contributed by atoms with Crippen molar-refractivity contribution in [3.8, 4) is 0 Å². The van der Waals surface area contributed by atoms with Crippen LogP contribution in [0.5, 0.6) is 0 Å². The normalized spacial score (nSPS) is 38.8. The van der Waals surface area contributed by atoms with Crippen LogP contribution in [0.3, 0.4) is 0 Å². The minimum atomic E-state index is -6.79. The van der Waals surface area contributed by atoms with Crippen LogP contribution >= 0.6 is 0 Å². The molecule has 0 aromatic carbocycles. The van der Waals surface area contributed by atoms with Crippen LogP contribution in [0, 0.1) is 0 Å². The minimum Gasteiger partial charge on any atom is -0.236 e. The van der Waals surface area contributed by atoms with E-state index in [-0.39, 0.29) is 6.92 Å². The lowest BCUT2D eigenvalue weighted by atomic mass is 9.71. The first-order valence-corrected chi connectivity index (χ1v) is 4.60. The maximum Gasteiger partial charge on any atom is 0.382 e. The topological polar surface area (TPSA) is 0 Å². The van der Waals surface area contributed by atoms with E-state index in [1.54, 1.807) is 0 Å². The molecule has 19 heavy (non-hydrogen) atoms. The molecular formula is C9H6F10. The average Bonchev–Trinajstić information content (AvgIpc) is 2.24. The Morgan fingerprint density at radius 2 is 1.16 bits per heavy atom. The summed E-state index contributed by atoms with van der Waals surface area (Å²) in [5.41, 5.74) is -7.07. The molecule has 112 valence electrons. The summed E-state index contributed by atoms with van der Waals surface area (Å²) in [5, 5.41) is 0. The molecule has 1 fully saturated rings. The van der Waals surface area contributed by atoms with Crippen LogP contribution in [-0.2, 0) is 0 Å². The molecule has 0 spiro atoms. The van der Waals surface area contributed by atoms with Crippen molar-refractivity contribution < 1.29 is 43.9 Å². The lowest BCUT2D eigenvalue weighted by molar-refractivity contribution is -0.436. The SMILES string of the molecule is C=C(C)C1(F)C(F)C(F)(F)C(F)(F)C(F)(F)C1(F)F. The highest BCUT2D eigenvalue weighted by Gasteiger charge is 2.95. The van der Waals surface area contributed by atoms with E-state index < -0.39 is 41.1 Å². The molecule has 0 aromatic rings. The molecule has 1 aliphatic carbocycles. The molecule has 0 nitrogen and oxygen atoms in total. The number of halogens is 10. The highest BCUT2D eigenvalue weighted by atomic mass is 19.4. The molecule has 10 heteroatoms. The van der Waals surface area contributed by atoms with E-state index in [2.05, 4.69) is 6.58 Å². The molecule has 2 unspecified atom stereocenters. The van der Waals surface area contributed by atoms with Gasteiger partial charge in [-0.2, -0.15) is 35.1 Å². The van der Waals surface area contributed by atoms with Gasteiger partial charge in [0.05, 0.1) is 0 Å². The molecule has 0 saturated heterocycles. The van der Waals surface area contributed by atoms with Crippen LogP contribution < -0.4 is 0 Å². The van der Waals surface area contributed by atoms with Gasteiger partial charge in [-0.05, 0) is 12.5 Å². The quantitative estimate of drug-likeness (QED) is 0.504. The first kappa shape index (κ1) is 16.1. The third-order valence-electron chi connectivity index (χ3n) is 2.95. The molecular weight excluding hydrogens is 298 g/mol. The summed E-state index contributed by atoms with van der Waals surface area (Å²) in [7, 11) is 0. The second kappa shape index (κ2) is 3.57. The fourth-order valence-corrected chi connectivity index (χ4v) is 1.69. The summed E-state index contributed by atoms with van der Waals surface area (Å²) in [6.07, 6.45) is -4.87. The zero-order valence-corrected chi connectivity index (χ0v) is 9.06. The van der Waals surface area contributed by atoms with Gasteiger partial charge in [-0.1, -0.05) is 6.58 Å². The van der Waals surface area contributed by atoms with E-state index in [1.165, 1.54) is 0 Å². The van der Waals surface area contributed by atoms with Crippen LogP contribution in [-0.4, -0.2) is 35.5 Å². The Morgan fingerprint density at radius 1 is 0.789 bits per heavy atom. The van der Waals surface area contributed by atoms with Gasteiger partial charge < -0.3 is 0 Å².